The molecule has 10 heteroatoms. The first-order valence-corrected chi connectivity index (χ1v) is 8.44. The molecule has 0 bridgehead atoms. The average Bonchev–Trinajstić information content (AvgIpc) is 2.70. The molecule has 0 saturated heterocycles. The van der Waals surface area contributed by atoms with Crippen molar-refractivity contribution in [3.63, 3.8) is 0 Å². The largest absolute Gasteiger partial charge is 0.493 e. The first-order chi connectivity index (χ1) is 13.7. The van der Waals surface area contributed by atoms with Gasteiger partial charge in [-0.15, -0.1) is 0 Å². The van der Waals surface area contributed by atoms with Crippen molar-refractivity contribution < 1.29 is 37.0 Å². The van der Waals surface area contributed by atoms with E-state index >= 15 is 0 Å². The topological polar surface area (TPSA) is 85.9 Å². The molecule has 2 aromatic rings. The highest BCUT2D eigenvalue weighted by molar-refractivity contribution is 5.96. The fourth-order valence-electron chi connectivity index (χ4n) is 2.21. The summed E-state index contributed by atoms with van der Waals surface area (Å²) in [6.07, 6.45) is -4.45. The Morgan fingerprint density at radius 1 is 0.966 bits per heavy atom. The van der Waals surface area contributed by atoms with Gasteiger partial charge in [0.2, 0.25) is 0 Å². The van der Waals surface area contributed by atoms with E-state index in [9.17, 15) is 22.8 Å². The Labute approximate surface area is 164 Å². The van der Waals surface area contributed by atoms with Crippen LogP contribution in [-0.2, 0) is 11.0 Å². The molecule has 0 fully saturated rings. The van der Waals surface area contributed by atoms with Gasteiger partial charge in [0.1, 0.15) is 5.75 Å². The molecule has 2 aromatic carbocycles. The Hall–Kier alpha value is -3.43. The normalized spacial score (nSPS) is 10.8. The zero-order valence-corrected chi connectivity index (χ0v) is 15.6. The summed E-state index contributed by atoms with van der Waals surface area (Å²) in [7, 11) is 1.43. The molecule has 0 spiro atoms. The van der Waals surface area contributed by atoms with E-state index in [0.29, 0.717) is 18.1 Å². The number of carbonyl (C=O) groups excluding carboxylic acids is 2. The van der Waals surface area contributed by atoms with E-state index in [4.69, 9.17) is 14.2 Å². The number of hydrazine groups is 1. The van der Waals surface area contributed by atoms with Crippen LogP contribution in [0.3, 0.4) is 0 Å². The van der Waals surface area contributed by atoms with Crippen molar-refractivity contribution in [1.82, 2.24) is 10.9 Å². The van der Waals surface area contributed by atoms with Crippen molar-refractivity contribution >= 4 is 11.8 Å². The third-order valence-electron chi connectivity index (χ3n) is 3.59. The molecule has 0 saturated carbocycles. The number of nitrogens with one attached hydrogen (secondary N) is 2. The summed E-state index contributed by atoms with van der Waals surface area (Å²) in [5.74, 6) is -0.391. The minimum atomic E-state index is -4.45. The molecular weight excluding hydrogens is 393 g/mol. The Bertz CT molecular complexity index is 854. The number of amides is 2. The SMILES string of the molecule is CCOc1ccc(C(=O)NNC(=O)COc2ccc(C(F)(F)F)cc2)cc1OC. The van der Waals surface area contributed by atoms with Crippen molar-refractivity contribution in [1.29, 1.82) is 0 Å². The lowest BCUT2D eigenvalue weighted by atomic mass is 10.2. The molecule has 156 valence electrons. The molecule has 0 heterocycles. The molecule has 7 nitrogen and oxygen atoms in total. The Morgan fingerprint density at radius 3 is 2.24 bits per heavy atom. The minimum Gasteiger partial charge on any atom is -0.493 e. The number of halogens is 3. The smallest absolute Gasteiger partial charge is 0.416 e. The summed E-state index contributed by atoms with van der Waals surface area (Å²) in [6, 6.07) is 8.39. The minimum absolute atomic E-state index is 0.0794. The van der Waals surface area contributed by atoms with Gasteiger partial charge < -0.3 is 14.2 Å². The lowest BCUT2D eigenvalue weighted by Gasteiger charge is -2.12. The highest BCUT2D eigenvalue weighted by Crippen LogP contribution is 2.30. The monoisotopic (exact) mass is 412 g/mol. The van der Waals surface area contributed by atoms with Gasteiger partial charge in [-0.1, -0.05) is 0 Å². The van der Waals surface area contributed by atoms with Crippen LogP contribution in [0, 0.1) is 0 Å². The van der Waals surface area contributed by atoms with Gasteiger partial charge in [-0.2, -0.15) is 13.2 Å². The molecule has 0 aliphatic carbocycles. The lowest BCUT2D eigenvalue weighted by molar-refractivity contribution is -0.137. The molecule has 2 rings (SSSR count). The zero-order chi connectivity index (χ0) is 21.4. The van der Waals surface area contributed by atoms with Crippen LogP contribution >= 0.6 is 0 Å². The van der Waals surface area contributed by atoms with E-state index in [1.165, 1.54) is 19.2 Å². The molecule has 2 N–H and O–H groups in total. The third-order valence-corrected chi connectivity index (χ3v) is 3.59. The van der Waals surface area contributed by atoms with E-state index in [2.05, 4.69) is 10.9 Å². The van der Waals surface area contributed by atoms with Gasteiger partial charge in [0, 0.05) is 5.56 Å². The predicted molar refractivity (Wildman–Crippen MR) is 96.7 cm³/mol. The molecule has 29 heavy (non-hydrogen) atoms. The number of rotatable bonds is 7. The number of carbonyl (C=O) groups is 2. The van der Waals surface area contributed by atoms with Crippen LogP contribution in [0.5, 0.6) is 17.2 Å². The summed E-state index contributed by atoms with van der Waals surface area (Å²) < 4.78 is 53.1. The van der Waals surface area contributed by atoms with Crippen LogP contribution in [0.1, 0.15) is 22.8 Å². The van der Waals surface area contributed by atoms with Gasteiger partial charge in [0.05, 0.1) is 19.3 Å². The van der Waals surface area contributed by atoms with Gasteiger partial charge >= 0.3 is 6.18 Å². The van der Waals surface area contributed by atoms with Crippen molar-refractivity contribution in [3.05, 3.63) is 53.6 Å². The van der Waals surface area contributed by atoms with Crippen LogP contribution in [-0.4, -0.2) is 32.1 Å². The number of hydrogen-bond donors (Lipinski definition) is 2. The fourth-order valence-corrected chi connectivity index (χ4v) is 2.21. The van der Waals surface area contributed by atoms with E-state index in [1.54, 1.807) is 6.07 Å². The molecule has 0 unspecified atom stereocenters. The predicted octanol–water partition coefficient (Wildman–Crippen LogP) is 2.95. The molecule has 0 aromatic heterocycles. The van der Waals surface area contributed by atoms with Gasteiger partial charge in [0.15, 0.2) is 18.1 Å². The fraction of sp³-hybridized carbons (Fsp3) is 0.263. The van der Waals surface area contributed by atoms with E-state index < -0.39 is 30.2 Å². The Morgan fingerprint density at radius 2 is 1.66 bits per heavy atom. The van der Waals surface area contributed by atoms with E-state index in [0.717, 1.165) is 24.3 Å². The second kappa shape index (κ2) is 9.67. The van der Waals surface area contributed by atoms with Gasteiger partial charge in [-0.25, -0.2) is 0 Å². The summed E-state index contributed by atoms with van der Waals surface area (Å²) in [5.41, 5.74) is 3.74. The van der Waals surface area contributed by atoms with E-state index in [-0.39, 0.29) is 11.3 Å². The summed E-state index contributed by atoms with van der Waals surface area (Å²) in [6.45, 7) is 1.73. The van der Waals surface area contributed by atoms with Crippen LogP contribution < -0.4 is 25.1 Å². The Balaban J connectivity index is 1.85. The maximum atomic E-state index is 12.5. The molecule has 0 aliphatic heterocycles. The van der Waals surface area contributed by atoms with E-state index in [1.807, 2.05) is 6.92 Å². The maximum absolute atomic E-state index is 12.5. The first-order valence-electron chi connectivity index (χ1n) is 8.44. The zero-order valence-electron chi connectivity index (χ0n) is 15.6. The molecule has 2 amide bonds. The number of hydrogen-bond acceptors (Lipinski definition) is 5. The molecule has 0 aliphatic rings. The highest BCUT2D eigenvalue weighted by Gasteiger charge is 2.30. The van der Waals surface area contributed by atoms with Crippen molar-refractivity contribution in [2.45, 2.75) is 13.1 Å². The standard InChI is InChI=1S/C19H19F3N2O5/c1-3-28-15-9-4-12(10-16(15)27-2)18(26)24-23-17(25)11-29-14-7-5-13(6-8-14)19(20,21)22/h4-10H,3,11H2,1-2H3,(H,23,25)(H,24,26). The highest BCUT2D eigenvalue weighted by atomic mass is 19.4. The molecule has 0 radical (unpaired) electrons. The van der Waals surface area contributed by atoms with Gasteiger partial charge in [-0.05, 0) is 49.4 Å². The number of benzene rings is 2. The summed E-state index contributed by atoms with van der Waals surface area (Å²) in [5, 5.41) is 0. The number of ether oxygens (including phenoxy) is 3. The number of alkyl halides is 3. The average molecular weight is 412 g/mol. The second-order valence-corrected chi connectivity index (χ2v) is 5.61. The Kier molecular flexibility index (Phi) is 7.29. The van der Waals surface area contributed by atoms with Gasteiger partial charge in [-0.3, -0.25) is 20.4 Å². The van der Waals surface area contributed by atoms with Crippen LogP contribution in [0.2, 0.25) is 0 Å². The quantitative estimate of drug-likeness (QED) is 0.683. The third kappa shape index (κ3) is 6.30. The molecular formula is C19H19F3N2O5. The van der Waals surface area contributed by atoms with Crippen molar-refractivity contribution in [3.8, 4) is 17.2 Å². The molecule has 0 atom stereocenters. The maximum Gasteiger partial charge on any atom is 0.416 e. The lowest BCUT2D eigenvalue weighted by Crippen LogP contribution is -2.43. The number of methoxy groups -OCH3 is 1. The van der Waals surface area contributed by atoms with Crippen LogP contribution in [0.15, 0.2) is 42.5 Å². The van der Waals surface area contributed by atoms with Crippen molar-refractivity contribution in [2.75, 3.05) is 20.3 Å². The van der Waals surface area contributed by atoms with Crippen LogP contribution in [0.25, 0.3) is 0 Å². The second-order valence-electron chi connectivity index (χ2n) is 5.61. The first kappa shape index (κ1) is 21.9. The van der Waals surface area contributed by atoms with Crippen molar-refractivity contribution in [2.24, 2.45) is 0 Å². The van der Waals surface area contributed by atoms with Gasteiger partial charge in [0.25, 0.3) is 11.8 Å². The summed E-state index contributed by atoms with van der Waals surface area (Å²) >= 11 is 0. The van der Waals surface area contributed by atoms with Crippen LogP contribution in [0.4, 0.5) is 13.2 Å². The summed E-state index contributed by atoms with van der Waals surface area (Å²) in [4.78, 5) is 23.9.